The molecule has 1 aliphatic heterocycles. The number of allylic oxidation sites excluding steroid dienone is 7. The molecule has 0 unspecified atom stereocenters. The van der Waals surface area contributed by atoms with Gasteiger partial charge in [0.25, 0.3) is 0 Å². The van der Waals surface area contributed by atoms with Crippen molar-refractivity contribution in [3.63, 3.8) is 0 Å². The Hall–Kier alpha value is -2.06. The SMILES string of the molecule is C=C(C1=CC=CCC=C1)c1cc(C)ccc1N1CCNCC1. The lowest BCUT2D eigenvalue weighted by molar-refractivity contribution is 0.589. The minimum Gasteiger partial charge on any atom is -0.368 e. The number of hydrogen-bond donors (Lipinski definition) is 1. The molecular formula is C20H24N2. The van der Waals surface area contributed by atoms with E-state index < -0.39 is 0 Å². The van der Waals surface area contributed by atoms with Crippen LogP contribution in [0.4, 0.5) is 5.69 Å². The highest BCUT2D eigenvalue weighted by molar-refractivity contribution is 5.87. The number of hydrogen-bond acceptors (Lipinski definition) is 2. The van der Waals surface area contributed by atoms with Crippen molar-refractivity contribution in [3.05, 3.63) is 71.9 Å². The van der Waals surface area contributed by atoms with Gasteiger partial charge in [-0.1, -0.05) is 48.6 Å². The standard InChI is InChI=1S/C20H24N2/c1-16-9-10-20(22-13-11-21-12-14-22)19(15-16)17(2)18-7-5-3-4-6-8-18/h3,5-10,15,21H,2,4,11-14H2,1H3. The topological polar surface area (TPSA) is 15.3 Å². The first-order valence-corrected chi connectivity index (χ1v) is 8.05. The lowest BCUT2D eigenvalue weighted by Gasteiger charge is -2.32. The van der Waals surface area contributed by atoms with Gasteiger partial charge in [0.1, 0.15) is 0 Å². The van der Waals surface area contributed by atoms with E-state index in [0.717, 1.165) is 38.2 Å². The molecule has 2 nitrogen and oxygen atoms in total. The van der Waals surface area contributed by atoms with Crippen LogP contribution in [0.5, 0.6) is 0 Å². The molecule has 2 heteroatoms. The fraction of sp³-hybridized carbons (Fsp3) is 0.300. The van der Waals surface area contributed by atoms with Crippen LogP contribution >= 0.6 is 0 Å². The van der Waals surface area contributed by atoms with Crippen LogP contribution in [0.2, 0.25) is 0 Å². The Kier molecular flexibility index (Phi) is 4.59. The third-order valence-corrected chi connectivity index (χ3v) is 4.26. The first kappa shape index (κ1) is 14.9. The second-order valence-corrected chi connectivity index (χ2v) is 5.92. The molecule has 3 rings (SSSR count). The molecule has 0 atom stereocenters. The van der Waals surface area contributed by atoms with E-state index in [1.165, 1.54) is 22.4 Å². The van der Waals surface area contributed by atoms with Gasteiger partial charge in [0, 0.05) is 37.4 Å². The van der Waals surface area contributed by atoms with Crippen molar-refractivity contribution in [1.29, 1.82) is 0 Å². The molecule has 0 amide bonds. The minimum absolute atomic E-state index is 0.992. The van der Waals surface area contributed by atoms with E-state index in [0.29, 0.717) is 0 Å². The van der Waals surface area contributed by atoms with E-state index in [9.17, 15) is 0 Å². The fourth-order valence-electron chi connectivity index (χ4n) is 3.01. The summed E-state index contributed by atoms with van der Waals surface area (Å²) in [6.45, 7) is 10.7. The molecule has 2 aliphatic rings. The smallest absolute Gasteiger partial charge is 0.0446 e. The average molecular weight is 292 g/mol. The maximum absolute atomic E-state index is 4.39. The highest BCUT2D eigenvalue weighted by Gasteiger charge is 2.16. The minimum atomic E-state index is 0.992. The second-order valence-electron chi connectivity index (χ2n) is 5.92. The Morgan fingerprint density at radius 3 is 2.82 bits per heavy atom. The van der Waals surface area contributed by atoms with E-state index in [1.54, 1.807) is 0 Å². The molecule has 0 saturated carbocycles. The molecule has 0 bridgehead atoms. The molecule has 1 aromatic carbocycles. The summed E-state index contributed by atoms with van der Waals surface area (Å²) >= 11 is 0. The zero-order valence-corrected chi connectivity index (χ0v) is 13.3. The van der Waals surface area contributed by atoms with E-state index in [-0.39, 0.29) is 0 Å². The number of benzene rings is 1. The molecular weight excluding hydrogens is 268 g/mol. The number of rotatable bonds is 3. The Morgan fingerprint density at radius 2 is 2.00 bits per heavy atom. The van der Waals surface area contributed by atoms with Gasteiger partial charge >= 0.3 is 0 Å². The molecule has 114 valence electrons. The van der Waals surface area contributed by atoms with Crippen LogP contribution in [0, 0.1) is 6.92 Å². The van der Waals surface area contributed by atoms with Gasteiger partial charge in [-0.05, 0) is 36.6 Å². The van der Waals surface area contributed by atoms with Crippen LogP contribution in [0.3, 0.4) is 0 Å². The summed E-state index contributed by atoms with van der Waals surface area (Å²) in [6.07, 6.45) is 11.8. The average Bonchev–Trinajstić information content (AvgIpc) is 2.84. The lowest BCUT2D eigenvalue weighted by Crippen LogP contribution is -2.43. The number of nitrogens with zero attached hydrogens (tertiary/aromatic N) is 1. The molecule has 1 aromatic rings. The van der Waals surface area contributed by atoms with Crippen molar-refractivity contribution < 1.29 is 0 Å². The van der Waals surface area contributed by atoms with Crippen LogP contribution in [0.15, 0.2) is 60.7 Å². The highest BCUT2D eigenvalue weighted by atomic mass is 15.2. The van der Waals surface area contributed by atoms with Crippen LogP contribution in [0.1, 0.15) is 17.5 Å². The molecule has 1 saturated heterocycles. The van der Waals surface area contributed by atoms with Gasteiger partial charge < -0.3 is 10.2 Å². The van der Waals surface area contributed by atoms with Gasteiger partial charge in [0.2, 0.25) is 0 Å². The molecule has 0 radical (unpaired) electrons. The molecule has 0 aromatic heterocycles. The van der Waals surface area contributed by atoms with Gasteiger partial charge in [0.05, 0.1) is 0 Å². The van der Waals surface area contributed by atoms with E-state index in [4.69, 9.17) is 0 Å². The summed E-state index contributed by atoms with van der Waals surface area (Å²) in [7, 11) is 0. The van der Waals surface area contributed by atoms with E-state index in [1.807, 2.05) is 0 Å². The zero-order valence-electron chi connectivity index (χ0n) is 13.3. The van der Waals surface area contributed by atoms with Gasteiger partial charge in [0.15, 0.2) is 0 Å². The van der Waals surface area contributed by atoms with Gasteiger partial charge in [-0.25, -0.2) is 0 Å². The fourth-order valence-corrected chi connectivity index (χ4v) is 3.01. The van der Waals surface area contributed by atoms with Gasteiger partial charge in [-0.3, -0.25) is 0 Å². The van der Waals surface area contributed by atoms with Crippen molar-refractivity contribution in [2.45, 2.75) is 13.3 Å². The first-order valence-electron chi connectivity index (χ1n) is 8.05. The number of anilines is 1. The summed E-state index contributed by atoms with van der Waals surface area (Å²) in [4.78, 5) is 2.47. The van der Waals surface area contributed by atoms with Crippen molar-refractivity contribution in [3.8, 4) is 0 Å². The summed E-state index contributed by atoms with van der Waals surface area (Å²) in [5, 5.41) is 3.42. The van der Waals surface area contributed by atoms with Crippen molar-refractivity contribution >= 4 is 11.3 Å². The number of nitrogens with one attached hydrogen (secondary N) is 1. The Morgan fingerprint density at radius 1 is 1.18 bits per heavy atom. The molecule has 22 heavy (non-hydrogen) atoms. The molecule has 1 fully saturated rings. The van der Waals surface area contributed by atoms with Crippen molar-refractivity contribution in [2.24, 2.45) is 0 Å². The Balaban J connectivity index is 1.97. The van der Waals surface area contributed by atoms with Crippen LogP contribution in [-0.4, -0.2) is 26.2 Å². The maximum Gasteiger partial charge on any atom is 0.0446 e. The quantitative estimate of drug-likeness (QED) is 0.910. The third-order valence-electron chi connectivity index (χ3n) is 4.26. The third kappa shape index (κ3) is 3.23. The molecule has 1 heterocycles. The summed E-state index contributed by atoms with van der Waals surface area (Å²) < 4.78 is 0. The highest BCUT2D eigenvalue weighted by Crippen LogP contribution is 2.33. The molecule has 1 aliphatic carbocycles. The molecule has 1 N–H and O–H groups in total. The first-order chi connectivity index (χ1) is 10.8. The summed E-state index contributed by atoms with van der Waals surface area (Å²) in [5.74, 6) is 0. The number of aryl methyl sites for hydroxylation is 1. The lowest BCUT2D eigenvalue weighted by atomic mass is 9.95. The summed E-state index contributed by atoms with van der Waals surface area (Å²) in [6, 6.07) is 6.71. The van der Waals surface area contributed by atoms with Crippen LogP contribution < -0.4 is 10.2 Å². The maximum atomic E-state index is 4.39. The van der Waals surface area contributed by atoms with E-state index in [2.05, 4.69) is 72.3 Å². The predicted octanol–water partition coefficient (Wildman–Crippen LogP) is 3.86. The molecule has 0 spiro atoms. The van der Waals surface area contributed by atoms with E-state index >= 15 is 0 Å². The van der Waals surface area contributed by atoms with Gasteiger partial charge in [-0.15, -0.1) is 0 Å². The van der Waals surface area contributed by atoms with Crippen LogP contribution in [-0.2, 0) is 0 Å². The largest absolute Gasteiger partial charge is 0.368 e. The number of piperazine rings is 1. The predicted molar refractivity (Wildman–Crippen MR) is 96.3 cm³/mol. The van der Waals surface area contributed by atoms with Crippen molar-refractivity contribution in [2.75, 3.05) is 31.1 Å². The Labute approximate surface area is 133 Å². The second kappa shape index (κ2) is 6.80. The van der Waals surface area contributed by atoms with Crippen molar-refractivity contribution in [1.82, 2.24) is 5.32 Å². The van der Waals surface area contributed by atoms with Gasteiger partial charge in [-0.2, -0.15) is 0 Å². The summed E-state index contributed by atoms with van der Waals surface area (Å²) in [5.41, 5.74) is 6.16. The zero-order chi connectivity index (χ0) is 15.4. The monoisotopic (exact) mass is 292 g/mol. The Bertz CT molecular complexity index is 644. The normalized spacial score (nSPS) is 18.0. The van der Waals surface area contributed by atoms with Crippen LogP contribution in [0.25, 0.3) is 5.57 Å².